The molecule has 0 atom stereocenters. The van der Waals surface area contributed by atoms with E-state index in [0.29, 0.717) is 33.5 Å². The van der Waals surface area contributed by atoms with Gasteiger partial charge < -0.3 is 19.5 Å². The van der Waals surface area contributed by atoms with E-state index in [4.69, 9.17) is 25.8 Å². The number of aryl methyl sites for hydroxylation is 1. The van der Waals surface area contributed by atoms with Crippen LogP contribution in [0.15, 0.2) is 30.3 Å². The van der Waals surface area contributed by atoms with Gasteiger partial charge in [0.1, 0.15) is 17.2 Å². The maximum absolute atomic E-state index is 12.5. The molecular formula is C17H18ClNO4. The van der Waals surface area contributed by atoms with E-state index >= 15 is 0 Å². The Balaban J connectivity index is 2.34. The summed E-state index contributed by atoms with van der Waals surface area (Å²) in [5.41, 5.74) is 1.77. The molecule has 0 aliphatic carbocycles. The lowest BCUT2D eigenvalue weighted by atomic mass is 10.1. The van der Waals surface area contributed by atoms with Crippen molar-refractivity contribution in [3.8, 4) is 17.2 Å². The number of benzene rings is 2. The van der Waals surface area contributed by atoms with Crippen molar-refractivity contribution in [3.63, 3.8) is 0 Å². The second-order valence-electron chi connectivity index (χ2n) is 4.82. The number of rotatable bonds is 5. The molecule has 0 saturated carbocycles. The van der Waals surface area contributed by atoms with Gasteiger partial charge in [0.25, 0.3) is 5.91 Å². The molecule has 0 heterocycles. The van der Waals surface area contributed by atoms with Crippen molar-refractivity contribution in [2.24, 2.45) is 0 Å². The first kappa shape index (κ1) is 17.0. The van der Waals surface area contributed by atoms with Crippen LogP contribution in [-0.2, 0) is 0 Å². The van der Waals surface area contributed by atoms with Gasteiger partial charge in [0.05, 0.1) is 32.6 Å². The summed E-state index contributed by atoms with van der Waals surface area (Å²) in [7, 11) is 4.57. The van der Waals surface area contributed by atoms with E-state index in [9.17, 15) is 4.79 Å². The zero-order chi connectivity index (χ0) is 17.0. The monoisotopic (exact) mass is 335 g/mol. The Bertz CT molecular complexity index is 731. The number of halogens is 1. The number of nitrogens with one attached hydrogen (secondary N) is 1. The van der Waals surface area contributed by atoms with Crippen molar-refractivity contribution < 1.29 is 19.0 Å². The molecule has 0 aliphatic heterocycles. The van der Waals surface area contributed by atoms with Crippen LogP contribution in [0.5, 0.6) is 17.2 Å². The standard InChI is InChI=1S/C17H18ClNO4/c1-10-7-14(16(23-4)9-13(10)18)19-17(20)12-6-5-11(21-2)8-15(12)22-3/h5-9H,1-4H3,(H,19,20). The summed E-state index contributed by atoms with van der Waals surface area (Å²) in [5, 5.41) is 3.39. The minimum atomic E-state index is -0.315. The summed E-state index contributed by atoms with van der Waals surface area (Å²) >= 11 is 6.07. The van der Waals surface area contributed by atoms with Crippen LogP contribution in [0.3, 0.4) is 0 Å². The molecular weight excluding hydrogens is 318 g/mol. The van der Waals surface area contributed by atoms with E-state index in [1.165, 1.54) is 14.2 Å². The van der Waals surface area contributed by atoms with Gasteiger partial charge in [-0.05, 0) is 30.7 Å². The lowest BCUT2D eigenvalue weighted by Gasteiger charge is -2.14. The minimum absolute atomic E-state index is 0.315. The number of carbonyl (C=O) groups excluding carboxylic acids is 1. The summed E-state index contributed by atoms with van der Waals surface area (Å²) in [6, 6.07) is 8.41. The van der Waals surface area contributed by atoms with Crippen LogP contribution in [0.25, 0.3) is 0 Å². The fourth-order valence-electron chi connectivity index (χ4n) is 2.11. The van der Waals surface area contributed by atoms with E-state index in [-0.39, 0.29) is 5.91 Å². The third-order valence-electron chi connectivity index (χ3n) is 3.38. The third kappa shape index (κ3) is 3.68. The molecule has 5 nitrogen and oxygen atoms in total. The van der Waals surface area contributed by atoms with Crippen LogP contribution in [-0.4, -0.2) is 27.2 Å². The first-order chi connectivity index (χ1) is 11.0. The fourth-order valence-corrected chi connectivity index (χ4v) is 2.26. The number of hydrogen-bond acceptors (Lipinski definition) is 4. The predicted octanol–water partition coefficient (Wildman–Crippen LogP) is 3.93. The Hall–Kier alpha value is -2.40. The summed E-state index contributed by atoms with van der Waals surface area (Å²) in [4.78, 5) is 12.5. The molecule has 0 spiro atoms. The van der Waals surface area contributed by atoms with Crippen LogP contribution in [0.2, 0.25) is 5.02 Å². The number of hydrogen-bond donors (Lipinski definition) is 1. The van der Waals surface area contributed by atoms with E-state index < -0.39 is 0 Å². The SMILES string of the molecule is COc1ccc(C(=O)Nc2cc(C)c(Cl)cc2OC)c(OC)c1. The average molecular weight is 336 g/mol. The van der Waals surface area contributed by atoms with E-state index in [1.54, 1.807) is 37.4 Å². The minimum Gasteiger partial charge on any atom is -0.497 e. The first-order valence-electron chi connectivity index (χ1n) is 6.87. The Morgan fingerprint density at radius 1 is 1.00 bits per heavy atom. The number of carbonyl (C=O) groups is 1. The van der Waals surface area contributed by atoms with Crippen LogP contribution in [0, 0.1) is 6.92 Å². The number of methoxy groups -OCH3 is 3. The van der Waals surface area contributed by atoms with Crippen LogP contribution < -0.4 is 19.5 Å². The molecule has 23 heavy (non-hydrogen) atoms. The van der Waals surface area contributed by atoms with Crippen LogP contribution >= 0.6 is 11.6 Å². The first-order valence-corrected chi connectivity index (χ1v) is 7.25. The molecule has 122 valence electrons. The summed E-state index contributed by atoms with van der Waals surface area (Å²) < 4.78 is 15.6. The quantitative estimate of drug-likeness (QED) is 0.899. The molecule has 2 aromatic rings. The van der Waals surface area contributed by atoms with Crippen molar-refractivity contribution in [1.82, 2.24) is 0 Å². The largest absolute Gasteiger partial charge is 0.497 e. The summed E-state index contributed by atoms with van der Waals surface area (Å²) in [5.74, 6) is 1.20. The molecule has 2 aromatic carbocycles. The molecule has 0 radical (unpaired) electrons. The van der Waals surface area contributed by atoms with Gasteiger partial charge in [0.15, 0.2) is 0 Å². The van der Waals surface area contributed by atoms with Crippen molar-refractivity contribution >= 4 is 23.2 Å². The molecule has 0 unspecified atom stereocenters. The zero-order valence-electron chi connectivity index (χ0n) is 13.4. The summed E-state index contributed by atoms with van der Waals surface area (Å²) in [6.07, 6.45) is 0. The molecule has 0 saturated heterocycles. The molecule has 0 fully saturated rings. The number of amides is 1. The van der Waals surface area contributed by atoms with Gasteiger partial charge in [-0.15, -0.1) is 0 Å². The molecule has 6 heteroatoms. The Morgan fingerprint density at radius 3 is 2.30 bits per heavy atom. The molecule has 0 bridgehead atoms. The zero-order valence-corrected chi connectivity index (χ0v) is 14.2. The normalized spacial score (nSPS) is 10.1. The van der Waals surface area contributed by atoms with Gasteiger partial charge in [-0.25, -0.2) is 0 Å². The van der Waals surface area contributed by atoms with Crippen LogP contribution in [0.4, 0.5) is 5.69 Å². The van der Waals surface area contributed by atoms with Crippen molar-refractivity contribution in [1.29, 1.82) is 0 Å². The summed E-state index contributed by atoms with van der Waals surface area (Å²) in [6.45, 7) is 1.85. The van der Waals surface area contributed by atoms with Gasteiger partial charge in [0.2, 0.25) is 0 Å². The average Bonchev–Trinajstić information content (AvgIpc) is 2.57. The van der Waals surface area contributed by atoms with E-state index in [0.717, 1.165) is 5.56 Å². The molecule has 0 aliphatic rings. The maximum Gasteiger partial charge on any atom is 0.259 e. The van der Waals surface area contributed by atoms with E-state index in [2.05, 4.69) is 5.32 Å². The number of ether oxygens (including phenoxy) is 3. The highest BCUT2D eigenvalue weighted by Crippen LogP contribution is 2.32. The van der Waals surface area contributed by atoms with Gasteiger partial charge in [-0.1, -0.05) is 11.6 Å². The van der Waals surface area contributed by atoms with Gasteiger partial charge in [-0.2, -0.15) is 0 Å². The molecule has 0 aromatic heterocycles. The second-order valence-corrected chi connectivity index (χ2v) is 5.23. The molecule has 1 N–H and O–H groups in total. The predicted molar refractivity (Wildman–Crippen MR) is 90.2 cm³/mol. The van der Waals surface area contributed by atoms with Gasteiger partial charge >= 0.3 is 0 Å². The highest BCUT2D eigenvalue weighted by Gasteiger charge is 2.16. The smallest absolute Gasteiger partial charge is 0.259 e. The lowest BCUT2D eigenvalue weighted by molar-refractivity contribution is 0.102. The van der Waals surface area contributed by atoms with Crippen molar-refractivity contribution in [2.45, 2.75) is 6.92 Å². The maximum atomic E-state index is 12.5. The third-order valence-corrected chi connectivity index (χ3v) is 3.79. The topological polar surface area (TPSA) is 56.8 Å². The Morgan fingerprint density at radius 2 is 1.70 bits per heavy atom. The van der Waals surface area contributed by atoms with Crippen molar-refractivity contribution in [3.05, 3.63) is 46.5 Å². The fraction of sp³-hybridized carbons (Fsp3) is 0.235. The second kappa shape index (κ2) is 7.24. The van der Waals surface area contributed by atoms with Gasteiger partial charge in [0, 0.05) is 17.2 Å². The van der Waals surface area contributed by atoms with E-state index in [1.807, 2.05) is 6.92 Å². The Labute approximate surface area is 140 Å². The highest BCUT2D eigenvalue weighted by molar-refractivity contribution is 6.31. The lowest BCUT2D eigenvalue weighted by Crippen LogP contribution is -2.14. The molecule has 1 amide bonds. The number of anilines is 1. The molecule has 2 rings (SSSR count). The van der Waals surface area contributed by atoms with Crippen LogP contribution in [0.1, 0.15) is 15.9 Å². The highest BCUT2D eigenvalue weighted by atomic mass is 35.5. The van der Waals surface area contributed by atoms with Crippen molar-refractivity contribution in [2.75, 3.05) is 26.6 Å². The van der Waals surface area contributed by atoms with Gasteiger partial charge in [-0.3, -0.25) is 4.79 Å². The Kier molecular flexibility index (Phi) is 5.34.